The number of nitrogens with zero attached hydrogens (tertiary/aromatic N) is 1. The first-order chi connectivity index (χ1) is 9.58. The Bertz CT molecular complexity index is 511. The average molecular weight is 317 g/mol. The van der Waals surface area contributed by atoms with Crippen LogP contribution in [0.4, 0.5) is 9.18 Å². The maximum Gasteiger partial charge on any atom is 0.324 e. The average Bonchev–Trinajstić information content (AvgIpc) is 2.73. The smallest absolute Gasteiger partial charge is 0.324 e. The Labute approximate surface area is 125 Å². The maximum absolute atomic E-state index is 13.0. The molecule has 0 radical (unpaired) electrons. The first kappa shape index (κ1) is 15.1. The van der Waals surface area contributed by atoms with Crippen molar-refractivity contribution < 1.29 is 14.0 Å². The molecule has 0 spiro atoms. The lowest BCUT2D eigenvalue weighted by atomic mass is 10.2. The number of amides is 3. The minimum absolute atomic E-state index is 0.0973. The number of hydrogen-bond acceptors (Lipinski definition) is 3. The van der Waals surface area contributed by atoms with Crippen molar-refractivity contribution in [3.63, 3.8) is 0 Å². The van der Waals surface area contributed by atoms with E-state index in [-0.39, 0.29) is 23.5 Å². The van der Waals surface area contributed by atoms with Gasteiger partial charge in [-0.15, -0.1) is 0 Å². The zero-order valence-corrected chi connectivity index (χ0v) is 12.3. The second kappa shape index (κ2) is 6.95. The van der Waals surface area contributed by atoms with Crippen molar-refractivity contribution in [3.05, 3.63) is 34.6 Å². The molecule has 0 atom stereocenters. The first-order valence-corrected chi connectivity index (χ1v) is 7.71. The lowest BCUT2D eigenvalue weighted by molar-refractivity contribution is -0.124. The summed E-state index contributed by atoms with van der Waals surface area (Å²) in [6.45, 7) is 0.530. The molecule has 0 saturated carbocycles. The first-order valence-electron chi connectivity index (χ1n) is 6.18. The Kier molecular flexibility index (Phi) is 5.25. The van der Waals surface area contributed by atoms with Crippen LogP contribution in [-0.4, -0.2) is 35.7 Å². The summed E-state index contributed by atoms with van der Waals surface area (Å²) in [5.41, 5.74) is 0.955. The topological polar surface area (TPSA) is 49.4 Å². The van der Waals surface area contributed by atoms with E-state index in [1.165, 1.54) is 11.0 Å². The van der Waals surface area contributed by atoms with Gasteiger partial charge in [0.15, 0.2) is 0 Å². The van der Waals surface area contributed by atoms with Crippen LogP contribution in [0.25, 0.3) is 0 Å². The number of benzene rings is 1. The Balaban J connectivity index is 1.67. The zero-order chi connectivity index (χ0) is 14.5. The number of carbonyl (C=O) groups excluding carboxylic acids is 2. The van der Waals surface area contributed by atoms with Crippen LogP contribution in [-0.2, 0) is 10.5 Å². The fraction of sp³-hybridized carbons (Fsp3) is 0.385. The van der Waals surface area contributed by atoms with Crippen molar-refractivity contribution in [2.75, 3.05) is 18.8 Å². The van der Waals surface area contributed by atoms with Gasteiger partial charge in [-0.05, 0) is 29.9 Å². The largest absolute Gasteiger partial charge is 0.329 e. The molecule has 0 unspecified atom stereocenters. The summed E-state index contributed by atoms with van der Waals surface area (Å²) in [5, 5.41) is 2.61. The van der Waals surface area contributed by atoms with E-state index >= 15 is 0 Å². The van der Waals surface area contributed by atoms with Crippen molar-refractivity contribution in [3.8, 4) is 0 Å². The molecular weight excluding hydrogens is 303 g/mol. The molecule has 1 aliphatic heterocycles. The van der Waals surface area contributed by atoms with Crippen molar-refractivity contribution in [1.82, 2.24) is 10.2 Å². The summed E-state index contributed by atoms with van der Waals surface area (Å²) >= 11 is 7.36. The SMILES string of the molecule is O=C1CNC(=O)N1CCCSCc1ccc(F)c(Cl)c1. The zero-order valence-electron chi connectivity index (χ0n) is 10.7. The lowest BCUT2D eigenvalue weighted by Gasteiger charge is -2.11. The number of carbonyl (C=O) groups is 2. The number of thioether (sulfide) groups is 1. The van der Waals surface area contributed by atoms with Gasteiger partial charge in [0.1, 0.15) is 5.82 Å². The molecule has 108 valence electrons. The monoisotopic (exact) mass is 316 g/mol. The number of imide groups is 1. The molecule has 1 N–H and O–H groups in total. The number of nitrogens with one attached hydrogen (secondary N) is 1. The van der Waals surface area contributed by atoms with Crippen LogP contribution in [0.1, 0.15) is 12.0 Å². The molecule has 1 heterocycles. The van der Waals surface area contributed by atoms with Gasteiger partial charge in [0.2, 0.25) is 5.91 Å². The van der Waals surface area contributed by atoms with Crippen LogP contribution in [0.15, 0.2) is 18.2 Å². The van der Waals surface area contributed by atoms with E-state index in [0.717, 1.165) is 23.5 Å². The van der Waals surface area contributed by atoms with Gasteiger partial charge in [-0.1, -0.05) is 17.7 Å². The second-order valence-corrected chi connectivity index (χ2v) is 5.87. The van der Waals surface area contributed by atoms with Gasteiger partial charge in [0, 0.05) is 12.3 Å². The molecule has 1 aromatic rings. The summed E-state index contributed by atoms with van der Waals surface area (Å²) in [6.07, 6.45) is 0.735. The van der Waals surface area contributed by atoms with E-state index in [9.17, 15) is 14.0 Å². The van der Waals surface area contributed by atoms with Crippen LogP contribution in [0, 0.1) is 5.82 Å². The molecule has 4 nitrogen and oxygen atoms in total. The minimum atomic E-state index is -0.418. The van der Waals surface area contributed by atoms with Crippen molar-refractivity contribution in [1.29, 1.82) is 0 Å². The van der Waals surface area contributed by atoms with Crippen LogP contribution in [0.2, 0.25) is 5.02 Å². The number of urea groups is 1. The predicted octanol–water partition coefficient (Wildman–Crippen LogP) is 2.65. The molecular formula is C13H14ClFN2O2S. The Morgan fingerprint density at radius 1 is 1.40 bits per heavy atom. The number of rotatable bonds is 6. The molecule has 1 fully saturated rings. The highest BCUT2D eigenvalue weighted by molar-refractivity contribution is 7.98. The van der Waals surface area contributed by atoms with E-state index in [1.807, 2.05) is 0 Å². The van der Waals surface area contributed by atoms with Gasteiger partial charge < -0.3 is 5.32 Å². The third kappa shape index (κ3) is 3.86. The molecule has 1 aromatic carbocycles. The molecule has 0 aliphatic carbocycles. The Hall–Kier alpha value is -1.27. The highest BCUT2D eigenvalue weighted by Gasteiger charge is 2.27. The fourth-order valence-electron chi connectivity index (χ4n) is 1.83. The van der Waals surface area contributed by atoms with Crippen LogP contribution < -0.4 is 5.32 Å². The molecule has 0 bridgehead atoms. The van der Waals surface area contributed by atoms with E-state index in [4.69, 9.17) is 11.6 Å². The predicted molar refractivity (Wildman–Crippen MR) is 77.3 cm³/mol. The number of halogens is 2. The van der Waals surface area contributed by atoms with Crippen LogP contribution >= 0.6 is 23.4 Å². The van der Waals surface area contributed by atoms with Crippen LogP contribution in [0.3, 0.4) is 0 Å². The Morgan fingerprint density at radius 2 is 2.20 bits per heavy atom. The van der Waals surface area contributed by atoms with E-state index < -0.39 is 5.82 Å². The summed E-state index contributed by atoms with van der Waals surface area (Å²) in [7, 11) is 0. The van der Waals surface area contributed by atoms with E-state index in [0.29, 0.717) is 6.54 Å². The minimum Gasteiger partial charge on any atom is -0.329 e. The summed E-state index contributed by atoms with van der Waals surface area (Å²) in [6, 6.07) is 4.35. The van der Waals surface area contributed by atoms with Crippen molar-refractivity contribution in [2.45, 2.75) is 12.2 Å². The number of hydrogen-bond donors (Lipinski definition) is 1. The third-order valence-corrected chi connectivity index (χ3v) is 4.26. The van der Waals surface area contributed by atoms with Crippen LogP contribution in [0.5, 0.6) is 0 Å². The molecule has 3 amide bonds. The fourth-order valence-corrected chi connectivity index (χ4v) is 2.92. The molecule has 7 heteroatoms. The third-order valence-electron chi connectivity index (χ3n) is 2.86. The van der Waals surface area contributed by atoms with Gasteiger partial charge in [-0.3, -0.25) is 9.69 Å². The molecule has 20 heavy (non-hydrogen) atoms. The summed E-state index contributed by atoms with van der Waals surface area (Å²) < 4.78 is 13.0. The molecule has 0 aromatic heterocycles. The normalized spacial score (nSPS) is 14.8. The standard InChI is InChI=1S/C13H14ClFN2O2S/c14-10-6-9(2-3-11(10)15)8-20-5-1-4-17-12(18)7-16-13(17)19/h2-3,6H,1,4-5,7-8H2,(H,16,19). The van der Waals surface area contributed by atoms with E-state index in [1.54, 1.807) is 23.9 Å². The van der Waals surface area contributed by atoms with Gasteiger partial charge in [-0.2, -0.15) is 11.8 Å². The highest BCUT2D eigenvalue weighted by atomic mass is 35.5. The van der Waals surface area contributed by atoms with Gasteiger partial charge in [0.05, 0.1) is 11.6 Å². The molecule has 2 rings (SSSR count). The van der Waals surface area contributed by atoms with Crippen molar-refractivity contribution >= 4 is 35.3 Å². The maximum atomic E-state index is 13.0. The van der Waals surface area contributed by atoms with Gasteiger partial charge in [-0.25, -0.2) is 9.18 Å². The molecule has 1 saturated heterocycles. The van der Waals surface area contributed by atoms with E-state index in [2.05, 4.69) is 5.32 Å². The Morgan fingerprint density at radius 3 is 2.85 bits per heavy atom. The quantitative estimate of drug-likeness (QED) is 0.648. The second-order valence-electron chi connectivity index (χ2n) is 4.36. The lowest BCUT2D eigenvalue weighted by Crippen LogP contribution is -2.32. The summed E-state index contributed by atoms with van der Waals surface area (Å²) in [4.78, 5) is 23.8. The highest BCUT2D eigenvalue weighted by Crippen LogP contribution is 2.20. The summed E-state index contributed by atoms with van der Waals surface area (Å²) in [5.74, 6) is 0.941. The molecule has 1 aliphatic rings. The van der Waals surface area contributed by atoms with Gasteiger partial charge >= 0.3 is 6.03 Å². The van der Waals surface area contributed by atoms with Gasteiger partial charge in [0.25, 0.3) is 0 Å². The van der Waals surface area contributed by atoms with Crippen molar-refractivity contribution in [2.24, 2.45) is 0 Å².